The van der Waals surface area contributed by atoms with Crippen molar-refractivity contribution in [3.63, 3.8) is 0 Å². The highest BCUT2D eigenvalue weighted by molar-refractivity contribution is 6.02. The van der Waals surface area contributed by atoms with E-state index in [0.29, 0.717) is 22.6 Å². The number of para-hydroxylation sites is 1. The lowest BCUT2D eigenvalue weighted by Crippen LogP contribution is -2.31. The molecular weight excluding hydrogens is 252 g/mol. The number of amides is 2. The highest BCUT2D eigenvalue weighted by Crippen LogP contribution is 2.19. The van der Waals surface area contributed by atoms with Gasteiger partial charge in [0.15, 0.2) is 0 Å². The molecule has 0 fully saturated rings. The van der Waals surface area contributed by atoms with Gasteiger partial charge in [0.25, 0.3) is 0 Å². The standard InChI is InChI=1S/C15H14N4O/c1-19(14-8-3-2-5-11(14)10-16)15(20)18-13-7-4-6-12(17)9-13/h2-9H,17H2,1H3,(H,18,20). The van der Waals surface area contributed by atoms with Crippen LogP contribution in [0.4, 0.5) is 21.9 Å². The Labute approximate surface area is 117 Å². The van der Waals surface area contributed by atoms with Crippen LogP contribution in [0.3, 0.4) is 0 Å². The van der Waals surface area contributed by atoms with E-state index in [2.05, 4.69) is 11.4 Å². The molecule has 20 heavy (non-hydrogen) atoms. The molecule has 0 aliphatic heterocycles. The number of nitrogen functional groups attached to an aromatic ring is 1. The zero-order valence-electron chi connectivity index (χ0n) is 11.0. The molecular formula is C15H14N4O. The number of benzene rings is 2. The monoisotopic (exact) mass is 266 g/mol. The van der Waals surface area contributed by atoms with Crippen LogP contribution >= 0.6 is 0 Å². The van der Waals surface area contributed by atoms with Crippen molar-refractivity contribution in [2.75, 3.05) is 23.0 Å². The average molecular weight is 266 g/mol. The lowest BCUT2D eigenvalue weighted by Gasteiger charge is -2.19. The Hall–Kier alpha value is -3.00. The van der Waals surface area contributed by atoms with Crippen LogP contribution in [0.1, 0.15) is 5.56 Å². The summed E-state index contributed by atoms with van der Waals surface area (Å²) in [7, 11) is 1.61. The van der Waals surface area contributed by atoms with E-state index in [-0.39, 0.29) is 6.03 Å². The van der Waals surface area contributed by atoms with E-state index in [1.807, 2.05) is 0 Å². The van der Waals surface area contributed by atoms with Crippen LogP contribution in [0.25, 0.3) is 0 Å². The first-order valence-electron chi connectivity index (χ1n) is 6.01. The van der Waals surface area contributed by atoms with Crippen LogP contribution in [0.2, 0.25) is 0 Å². The zero-order valence-corrected chi connectivity index (χ0v) is 11.0. The Morgan fingerprint density at radius 1 is 1.25 bits per heavy atom. The lowest BCUT2D eigenvalue weighted by atomic mass is 10.2. The van der Waals surface area contributed by atoms with Crippen molar-refractivity contribution >= 4 is 23.1 Å². The lowest BCUT2D eigenvalue weighted by molar-refractivity contribution is 0.258. The number of hydrogen-bond acceptors (Lipinski definition) is 3. The molecule has 5 heteroatoms. The quantitative estimate of drug-likeness (QED) is 0.820. The van der Waals surface area contributed by atoms with Gasteiger partial charge in [-0.25, -0.2) is 4.79 Å². The molecule has 100 valence electrons. The molecule has 0 unspecified atom stereocenters. The zero-order chi connectivity index (χ0) is 14.5. The minimum absolute atomic E-state index is 0.335. The summed E-state index contributed by atoms with van der Waals surface area (Å²) in [5.41, 5.74) is 7.83. The largest absolute Gasteiger partial charge is 0.399 e. The number of nitrogens with two attached hydrogens (primary N) is 1. The molecule has 0 atom stereocenters. The molecule has 0 saturated carbocycles. The van der Waals surface area contributed by atoms with Gasteiger partial charge in [-0.2, -0.15) is 5.26 Å². The number of urea groups is 1. The van der Waals surface area contributed by atoms with Gasteiger partial charge in [0.05, 0.1) is 11.3 Å². The summed E-state index contributed by atoms with van der Waals surface area (Å²) in [6, 6.07) is 15.6. The predicted octanol–water partition coefficient (Wildman–Crippen LogP) is 2.81. The number of anilines is 3. The van der Waals surface area contributed by atoms with E-state index < -0.39 is 0 Å². The summed E-state index contributed by atoms with van der Waals surface area (Å²) in [4.78, 5) is 13.5. The summed E-state index contributed by atoms with van der Waals surface area (Å²) in [5.74, 6) is 0. The van der Waals surface area contributed by atoms with E-state index in [1.165, 1.54) is 4.90 Å². The topological polar surface area (TPSA) is 82.2 Å². The Morgan fingerprint density at radius 3 is 2.70 bits per heavy atom. The first-order valence-corrected chi connectivity index (χ1v) is 6.01. The molecule has 2 aromatic carbocycles. The average Bonchev–Trinajstić information content (AvgIpc) is 2.46. The van der Waals surface area contributed by atoms with E-state index >= 15 is 0 Å². The summed E-state index contributed by atoms with van der Waals surface area (Å²) >= 11 is 0. The minimum Gasteiger partial charge on any atom is -0.399 e. The van der Waals surface area contributed by atoms with Gasteiger partial charge in [0.1, 0.15) is 6.07 Å². The van der Waals surface area contributed by atoms with Gasteiger partial charge in [-0.3, -0.25) is 4.90 Å². The van der Waals surface area contributed by atoms with E-state index in [1.54, 1.807) is 55.6 Å². The Kier molecular flexibility index (Phi) is 3.87. The number of carbonyl (C=O) groups excluding carboxylic acids is 1. The molecule has 0 bridgehead atoms. The molecule has 5 nitrogen and oxygen atoms in total. The normalized spacial score (nSPS) is 9.60. The van der Waals surface area contributed by atoms with Crippen LogP contribution in [0, 0.1) is 11.3 Å². The Bertz CT molecular complexity index is 676. The molecule has 2 aromatic rings. The van der Waals surface area contributed by atoms with Crippen molar-refractivity contribution in [1.29, 1.82) is 5.26 Å². The maximum absolute atomic E-state index is 12.2. The van der Waals surface area contributed by atoms with Gasteiger partial charge in [-0.05, 0) is 30.3 Å². The highest BCUT2D eigenvalue weighted by atomic mass is 16.2. The first kappa shape index (κ1) is 13.4. The van der Waals surface area contributed by atoms with Crippen LogP contribution in [0.15, 0.2) is 48.5 Å². The van der Waals surface area contributed by atoms with Gasteiger partial charge in [0, 0.05) is 18.4 Å². The summed E-state index contributed by atoms with van der Waals surface area (Å²) in [5, 5.41) is 11.8. The highest BCUT2D eigenvalue weighted by Gasteiger charge is 2.14. The molecule has 2 amide bonds. The molecule has 0 aromatic heterocycles. The smallest absolute Gasteiger partial charge is 0.326 e. The van der Waals surface area contributed by atoms with Crippen LogP contribution in [0.5, 0.6) is 0 Å². The molecule has 0 aliphatic carbocycles. The molecule has 3 N–H and O–H groups in total. The summed E-state index contributed by atoms with van der Waals surface area (Å²) < 4.78 is 0. The molecule has 0 spiro atoms. The van der Waals surface area contributed by atoms with Gasteiger partial charge in [-0.1, -0.05) is 18.2 Å². The second-order valence-corrected chi connectivity index (χ2v) is 4.24. The van der Waals surface area contributed by atoms with Crippen LogP contribution in [-0.4, -0.2) is 13.1 Å². The SMILES string of the molecule is CN(C(=O)Nc1cccc(N)c1)c1ccccc1C#N. The maximum Gasteiger partial charge on any atom is 0.326 e. The van der Waals surface area contributed by atoms with Gasteiger partial charge in [-0.15, -0.1) is 0 Å². The van der Waals surface area contributed by atoms with E-state index in [9.17, 15) is 4.79 Å². The van der Waals surface area contributed by atoms with Crippen LogP contribution < -0.4 is 16.0 Å². The Morgan fingerprint density at radius 2 is 2.00 bits per heavy atom. The third-order valence-electron chi connectivity index (χ3n) is 2.83. The fourth-order valence-corrected chi connectivity index (χ4v) is 1.79. The second-order valence-electron chi connectivity index (χ2n) is 4.24. The number of hydrogen-bond donors (Lipinski definition) is 2. The van der Waals surface area contributed by atoms with Crippen molar-refractivity contribution in [2.45, 2.75) is 0 Å². The van der Waals surface area contributed by atoms with E-state index in [4.69, 9.17) is 11.0 Å². The first-order chi connectivity index (χ1) is 9.61. The fraction of sp³-hybridized carbons (Fsp3) is 0.0667. The van der Waals surface area contributed by atoms with Gasteiger partial charge >= 0.3 is 6.03 Å². The van der Waals surface area contributed by atoms with Crippen molar-refractivity contribution in [3.8, 4) is 6.07 Å². The number of rotatable bonds is 2. The third kappa shape index (κ3) is 2.87. The fourth-order valence-electron chi connectivity index (χ4n) is 1.79. The molecule has 0 heterocycles. The number of nitrogens with zero attached hydrogens (tertiary/aromatic N) is 2. The van der Waals surface area contributed by atoms with E-state index in [0.717, 1.165) is 0 Å². The second kappa shape index (κ2) is 5.76. The third-order valence-corrected chi connectivity index (χ3v) is 2.83. The van der Waals surface area contributed by atoms with Crippen molar-refractivity contribution in [1.82, 2.24) is 0 Å². The number of carbonyl (C=O) groups is 1. The van der Waals surface area contributed by atoms with Crippen LogP contribution in [-0.2, 0) is 0 Å². The van der Waals surface area contributed by atoms with Gasteiger partial charge in [0.2, 0.25) is 0 Å². The molecule has 0 radical (unpaired) electrons. The van der Waals surface area contributed by atoms with Crippen molar-refractivity contribution in [3.05, 3.63) is 54.1 Å². The Balaban J connectivity index is 2.19. The summed E-state index contributed by atoms with van der Waals surface area (Å²) in [6.45, 7) is 0. The predicted molar refractivity (Wildman–Crippen MR) is 79.4 cm³/mol. The number of nitriles is 1. The molecule has 2 rings (SSSR count). The van der Waals surface area contributed by atoms with Crippen molar-refractivity contribution in [2.24, 2.45) is 0 Å². The molecule has 0 saturated heterocycles. The maximum atomic E-state index is 12.2. The summed E-state index contributed by atoms with van der Waals surface area (Å²) in [6.07, 6.45) is 0. The molecule has 0 aliphatic rings. The van der Waals surface area contributed by atoms with Gasteiger partial charge < -0.3 is 11.1 Å². The number of nitrogens with one attached hydrogen (secondary N) is 1. The van der Waals surface area contributed by atoms with Crippen molar-refractivity contribution < 1.29 is 4.79 Å². The minimum atomic E-state index is -0.335.